The third kappa shape index (κ3) is 2.92. The van der Waals surface area contributed by atoms with Crippen LogP contribution in [0.3, 0.4) is 0 Å². The van der Waals surface area contributed by atoms with Crippen molar-refractivity contribution in [1.82, 2.24) is 9.88 Å². The standard InChI is InChI=1S/C14H17BrN2OS/c1-4-5-6-17-11(14(18)16-9(2)3)7-12-13(17)10(15)8-19-12/h4-5,7-9H,6H2,1-3H3,(H,16,18)/b5-4+. The van der Waals surface area contributed by atoms with E-state index in [0.29, 0.717) is 12.2 Å². The van der Waals surface area contributed by atoms with Crippen molar-refractivity contribution in [1.29, 1.82) is 0 Å². The molecule has 19 heavy (non-hydrogen) atoms. The van der Waals surface area contributed by atoms with Gasteiger partial charge in [0.05, 0.1) is 14.7 Å². The van der Waals surface area contributed by atoms with Crippen LogP contribution < -0.4 is 5.32 Å². The first-order valence-corrected chi connectivity index (χ1v) is 7.90. The van der Waals surface area contributed by atoms with Gasteiger partial charge in [-0.3, -0.25) is 4.79 Å². The highest BCUT2D eigenvalue weighted by molar-refractivity contribution is 9.10. The lowest BCUT2D eigenvalue weighted by Gasteiger charge is -2.11. The number of rotatable bonds is 4. The third-order valence-electron chi connectivity index (χ3n) is 2.75. The molecule has 2 rings (SSSR count). The Morgan fingerprint density at radius 2 is 2.32 bits per heavy atom. The van der Waals surface area contributed by atoms with Crippen molar-refractivity contribution in [2.75, 3.05) is 0 Å². The van der Waals surface area contributed by atoms with Crippen LogP contribution in [0.1, 0.15) is 31.3 Å². The Hall–Kier alpha value is -1.07. The van der Waals surface area contributed by atoms with Gasteiger partial charge in [-0.2, -0.15) is 0 Å². The Morgan fingerprint density at radius 3 is 2.95 bits per heavy atom. The molecule has 3 nitrogen and oxygen atoms in total. The van der Waals surface area contributed by atoms with Gasteiger partial charge in [-0.15, -0.1) is 11.3 Å². The molecule has 0 aliphatic carbocycles. The molecule has 0 unspecified atom stereocenters. The summed E-state index contributed by atoms with van der Waals surface area (Å²) in [6, 6.07) is 2.10. The fourth-order valence-corrected chi connectivity index (χ4v) is 3.65. The normalized spacial score (nSPS) is 11.8. The molecular formula is C14H17BrN2OS. The molecule has 102 valence electrons. The van der Waals surface area contributed by atoms with E-state index in [-0.39, 0.29) is 11.9 Å². The van der Waals surface area contributed by atoms with Crippen molar-refractivity contribution in [3.8, 4) is 0 Å². The summed E-state index contributed by atoms with van der Waals surface area (Å²) >= 11 is 5.20. The molecule has 0 aliphatic heterocycles. The van der Waals surface area contributed by atoms with Crippen molar-refractivity contribution in [3.05, 3.63) is 33.8 Å². The van der Waals surface area contributed by atoms with Gasteiger partial charge in [-0.1, -0.05) is 12.2 Å². The number of fused-ring (bicyclic) bond motifs is 1. The highest BCUT2D eigenvalue weighted by Gasteiger charge is 2.18. The summed E-state index contributed by atoms with van der Waals surface area (Å²) in [7, 11) is 0. The van der Waals surface area contributed by atoms with Gasteiger partial charge in [0.2, 0.25) is 0 Å². The number of nitrogens with one attached hydrogen (secondary N) is 1. The van der Waals surface area contributed by atoms with Crippen molar-refractivity contribution >= 4 is 43.4 Å². The molecule has 5 heteroatoms. The first-order chi connectivity index (χ1) is 9.04. The minimum Gasteiger partial charge on any atom is -0.349 e. The maximum absolute atomic E-state index is 12.3. The quantitative estimate of drug-likeness (QED) is 0.832. The maximum Gasteiger partial charge on any atom is 0.268 e. The van der Waals surface area contributed by atoms with Crippen LogP contribution >= 0.6 is 27.3 Å². The maximum atomic E-state index is 12.3. The number of amides is 1. The van der Waals surface area contributed by atoms with Crippen LogP contribution in [0.2, 0.25) is 0 Å². The first kappa shape index (κ1) is 14.3. The number of halogens is 1. The molecule has 1 N–H and O–H groups in total. The Bertz CT molecular complexity index is 625. The van der Waals surface area contributed by atoms with Gasteiger partial charge in [-0.25, -0.2) is 0 Å². The second-order valence-electron chi connectivity index (χ2n) is 4.63. The van der Waals surface area contributed by atoms with Crippen LogP contribution in [-0.4, -0.2) is 16.5 Å². The van der Waals surface area contributed by atoms with E-state index < -0.39 is 0 Å². The van der Waals surface area contributed by atoms with Crippen molar-refractivity contribution in [3.63, 3.8) is 0 Å². The Balaban J connectivity index is 2.50. The molecule has 0 bridgehead atoms. The lowest BCUT2D eigenvalue weighted by Crippen LogP contribution is -2.31. The summed E-state index contributed by atoms with van der Waals surface area (Å²) in [5.74, 6) is -0.0187. The molecule has 0 saturated heterocycles. The van der Waals surface area contributed by atoms with Gasteiger partial charge in [0.1, 0.15) is 5.69 Å². The minimum atomic E-state index is -0.0187. The van der Waals surface area contributed by atoms with Crippen molar-refractivity contribution < 1.29 is 4.79 Å². The van der Waals surface area contributed by atoms with Gasteiger partial charge >= 0.3 is 0 Å². The van der Waals surface area contributed by atoms with Gasteiger partial charge in [-0.05, 0) is 42.8 Å². The van der Waals surface area contributed by atoms with E-state index in [1.165, 1.54) is 0 Å². The molecule has 2 aromatic heterocycles. The van der Waals surface area contributed by atoms with Crippen LogP contribution in [0.5, 0.6) is 0 Å². The summed E-state index contributed by atoms with van der Waals surface area (Å²) in [5.41, 5.74) is 1.81. The van der Waals surface area contributed by atoms with Gasteiger partial charge in [0.25, 0.3) is 5.91 Å². The van der Waals surface area contributed by atoms with Crippen LogP contribution in [0, 0.1) is 0 Å². The van der Waals surface area contributed by atoms with E-state index in [2.05, 4.69) is 32.7 Å². The number of nitrogens with zero attached hydrogens (tertiary/aromatic N) is 1. The number of hydrogen-bond donors (Lipinski definition) is 1. The predicted molar refractivity (Wildman–Crippen MR) is 84.9 cm³/mol. The summed E-state index contributed by atoms with van der Waals surface area (Å²) in [6.45, 7) is 6.62. The Kier molecular flexibility index (Phi) is 4.47. The number of carbonyl (C=O) groups is 1. The lowest BCUT2D eigenvalue weighted by molar-refractivity contribution is 0.0934. The van der Waals surface area contributed by atoms with E-state index in [0.717, 1.165) is 14.7 Å². The van der Waals surface area contributed by atoms with Gasteiger partial charge < -0.3 is 9.88 Å². The largest absolute Gasteiger partial charge is 0.349 e. The average molecular weight is 341 g/mol. The average Bonchev–Trinajstić information content (AvgIpc) is 2.87. The second-order valence-corrected chi connectivity index (χ2v) is 6.40. The number of allylic oxidation sites excluding steroid dienone is 2. The van der Waals surface area contributed by atoms with Crippen molar-refractivity contribution in [2.24, 2.45) is 0 Å². The molecule has 0 aromatic carbocycles. The molecule has 2 heterocycles. The van der Waals surface area contributed by atoms with Crippen molar-refractivity contribution in [2.45, 2.75) is 33.4 Å². The van der Waals surface area contributed by atoms with E-state index in [9.17, 15) is 4.79 Å². The smallest absolute Gasteiger partial charge is 0.268 e. The molecule has 0 spiro atoms. The summed E-state index contributed by atoms with van der Waals surface area (Å²) in [4.78, 5) is 12.3. The summed E-state index contributed by atoms with van der Waals surface area (Å²) in [5, 5.41) is 5.01. The molecule has 0 radical (unpaired) electrons. The Morgan fingerprint density at radius 1 is 1.58 bits per heavy atom. The molecule has 1 amide bonds. The SMILES string of the molecule is C/C=C/Cn1c(C(=O)NC(C)C)cc2scc(Br)c21. The Labute approximate surface area is 125 Å². The van der Waals surface area contributed by atoms with Crippen LogP contribution in [0.4, 0.5) is 0 Å². The summed E-state index contributed by atoms with van der Waals surface area (Å²) < 4.78 is 4.22. The highest BCUT2D eigenvalue weighted by atomic mass is 79.9. The zero-order valence-corrected chi connectivity index (χ0v) is 13.6. The molecular weight excluding hydrogens is 324 g/mol. The van der Waals surface area contributed by atoms with E-state index >= 15 is 0 Å². The molecule has 0 fully saturated rings. The van der Waals surface area contributed by atoms with Gasteiger partial charge in [0.15, 0.2) is 0 Å². The predicted octanol–water partition coefficient (Wildman–Crippen LogP) is 4.18. The third-order valence-corrected chi connectivity index (χ3v) is 4.58. The lowest BCUT2D eigenvalue weighted by atomic mass is 10.3. The number of aromatic nitrogens is 1. The molecule has 0 atom stereocenters. The fraction of sp³-hybridized carbons (Fsp3) is 0.357. The zero-order valence-electron chi connectivity index (χ0n) is 11.2. The van der Waals surface area contributed by atoms with E-state index in [1.807, 2.05) is 37.5 Å². The topological polar surface area (TPSA) is 34.0 Å². The second kappa shape index (κ2) is 5.92. The monoisotopic (exact) mass is 340 g/mol. The van der Waals surface area contributed by atoms with Crippen LogP contribution in [0.15, 0.2) is 28.1 Å². The van der Waals surface area contributed by atoms with Crippen LogP contribution in [0.25, 0.3) is 10.2 Å². The molecule has 0 saturated carbocycles. The fourth-order valence-electron chi connectivity index (χ4n) is 1.96. The van der Waals surface area contributed by atoms with E-state index in [1.54, 1.807) is 11.3 Å². The summed E-state index contributed by atoms with van der Waals surface area (Å²) in [6.07, 6.45) is 4.05. The molecule has 2 aromatic rings. The zero-order chi connectivity index (χ0) is 14.0. The number of carbonyl (C=O) groups excluding carboxylic acids is 1. The number of thiophene rings is 1. The first-order valence-electron chi connectivity index (χ1n) is 6.22. The van der Waals surface area contributed by atoms with Crippen LogP contribution in [-0.2, 0) is 6.54 Å². The van der Waals surface area contributed by atoms with E-state index in [4.69, 9.17) is 0 Å². The highest BCUT2D eigenvalue weighted by Crippen LogP contribution is 2.33. The number of hydrogen-bond acceptors (Lipinski definition) is 2. The molecule has 0 aliphatic rings. The minimum absolute atomic E-state index is 0.0187. The van der Waals surface area contributed by atoms with Gasteiger partial charge in [0, 0.05) is 18.0 Å².